The summed E-state index contributed by atoms with van der Waals surface area (Å²) in [6, 6.07) is 6.28. The molecule has 1 aliphatic heterocycles. The van der Waals surface area contributed by atoms with Gasteiger partial charge in [-0.15, -0.1) is 0 Å². The molecule has 3 nitrogen and oxygen atoms in total. The van der Waals surface area contributed by atoms with Gasteiger partial charge in [-0.1, -0.05) is 29.3 Å². The third kappa shape index (κ3) is 4.30. The van der Waals surface area contributed by atoms with Gasteiger partial charge < -0.3 is 14.7 Å². The highest BCUT2D eigenvalue weighted by atomic mass is 16.5. The van der Waals surface area contributed by atoms with Crippen molar-refractivity contribution < 1.29 is 9.84 Å². The number of aryl methyl sites for hydroxylation is 2. The highest BCUT2D eigenvalue weighted by Crippen LogP contribution is 2.19. The maximum absolute atomic E-state index is 10.3. The molecule has 2 unspecified atom stereocenters. The van der Waals surface area contributed by atoms with Gasteiger partial charge in [0.2, 0.25) is 0 Å². The Labute approximate surface area is 116 Å². The average Bonchev–Trinajstić information content (AvgIpc) is 2.80. The zero-order chi connectivity index (χ0) is 13.8. The minimum atomic E-state index is -0.411. The molecule has 1 aliphatic rings. The van der Waals surface area contributed by atoms with E-state index >= 15 is 0 Å². The molecule has 19 heavy (non-hydrogen) atoms. The predicted molar refractivity (Wildman–Crippen MR) is 77.3 cm³/mol. The molecule has 1 aromatic rings. The smallest absolute Gasteiger partial charge is 0.0916 e. The van der Waals surface area contributed by atoms with Gasteiger partial charge in [-0.05, 0) is 38.8 Å². The number of benzene rings is 1. The summed E-state index contributed by atoms with van der Waals surface area (Å²) in [6.07, 6.45) is 0.732. The van der Waals surface area contributed by atoms with E-state index in [-0.39, 0.29) is 0 Å². The SMILES string of the molecule is Cc1cc(C)cc(C(O)CN(C)CC2CCOC2)c1. The van der Waals surface area contributed by atoms with Gasteiger partial charge in [0.05, 0.1) is 12.7 Å². The number of likely N-dealkylation sites (N-methyl/N-ethyl adjacent to an activating group) is 1. The molecule has 0 aromatic heterocycles. The van der Waals surface area contributed by atoms with Crippen molar-refractivity contribution in [3.8, 4) is 0 Å². The molecule has 2 rings (SSSR count). The van der Waals surface area contributed by atoms with Crippen LogP contribution in [0.1, 0.15) is 29.2 Å². The third-order valence-corrected chi connectivity index (χ3v) is 3.71. The van der Waals surface area contributed by atoms with Crippen molar-refractivity contribution >= 4 is 0 Å². The van der Waals surface area contributed by atoms with Gasteiger partial charge in [-0.2, -0.15) is 0 Å². The van der Waals surface area contributed by atoms with E-state index in [1.807, 2.05) is 0 Å². The van der Waals surface area contributed by atoms with Gasteiger partial charge in [-0.25, -0.2) is 0 Å². The number of hydrogen-bond acceptors (Lipinski definition) is 3. The lowest BCUT2D eigenvalue weighted by Crippen LogP contribution is -2.30. The largest absolute Gasteiger partial charge is 0.387 e. The van der Waals surface area contributed by atoms with Gasteiger partial charge in [0, 0.05) is 19.7 Å². The molecule has 2 atom stereocenters. The number of aliphatic hydroxyl groups is 1. The number of ether oxygens (including phenoxy) is 1. The normalized spacial score (nSPS) is 21.0. The zero-order valence-corrected chi connectivity index (χ0v) is 12.2. The van der Waals surface area contributed by atoms with E-state index in [1.165, 1.54) is 11.1 Å². The molecule has 1 fully saturated rings. The van der Waals surface area contributed by atoms with E-state index in [1.54, 1.807) is 0 Å². The van der Waals surface area contributed by atoms with Crippen LogP contribution in [0.2, 0.25) is 0 Å². The summed E-state index contributed by atoms with van der Waals surface area (Å²) in [5.74, 6) is 0.622. The molecule has 1 N–H and O–H groups in total. The van der Waals surface area contributed by atoms with Gasteiger partial charge in [0.1, 0.15) is 0 Å². The standard InChI is InChI=1S/C16H25NO2/c1-12-6-13(2)8-15(7-12)16(18)10-17(3)9-14-4-5-19-11-14/h6-8,14,16,18H,4-5,9-11H2,1-3H3. The van der Waals surface area contributed by atoms with E-state index in [0.29, 0.717) is 12.5 Å². The summed E-state index contributed by atoms with van der Waals surface area (Å²) in [5.41, 5.74) is 3.44. The molecular weight excluding hydrogens is 238 g/mol. The summed E-state index contributed by atoms with van der Waals surface area (Å²) in [6.45, 7) is 7.58. The second kappa shape index (κ2) is 6.51. The highest BCUT2D eigenvalue weighted by molar-refractivity contribution is 5.30. The Kier molecular flexibility index (Phi) is 4.97. The van der Waals surface area contributed by atoms with Crippen LogP contribution in [0.5, 0.6) is 0 Å². The summed E-state index contributed by atoms with van der Waals surface area (Å²) in [5, 5.41) is 10.3. The first kappa shape index (κ1) is 14.5. The van der Waals surface area contributed by atoms with E-state index in [0.717, 1.165) is 31.7 Å². The van der Waals surface area contributed by atoms with Gasteiger partial charge >= 0.3 is 0 Å². The first-order chi connectivity index (χ1) is 9.04. The number of rotatable bonds is 5. The minimum Gasteiger partial charge on any atom is -0.387 e. The monoisotopic (exact) mass is 263 g/mol. The van der Waals surface area contributed by atoms with Crippen molar-refractivity contribution in [3.05, 3.63) is 34.9 Å². The lowest BCUT2D eigenvalue weighted by molar-refractivity contribution is 0.113. The lowest BCUT2D eigenvalue weighted by Gasteiger charge is -2.23. The summed E-state index contributed by atoms with van der Waals surface area (Å²) >= 11 is 0. The van der Waals surface area contributed by atoms with Crippen LogP contribution in [0.4, 0.5) is 0 Å². The van der Waals surface area contributed by atoms with Crippen molar-refractivity contribution in [3.63, 3.8) is 0 Å². The van der Waals surface area contributed by atoms with Crippen molar-refractivity contribution in [1.29, 1.82) is 0 Å². The molecular formula is C16H25NO2. The van der Waals surface area contributed by atoms with Gasteiger partial charge in [0.15, 0.2) is 0 Å². The van der Waals surface area contributed by atoms with Crippen LogP contribution in [-0.2, 0) is 4.74 Å². The highest BCUT2D eigenvalue weighted by Gasteiger charge is 2.19. The number of hydrogen-bond donors (Lipinski definition) is 1. The fraction of sp³-hybridized carbons (Fsp3) is 0.625. The van der Waals surface area contributed by atoms with Gasteiger partial charge in [0.25, 0.3) is 0 Å². The van der Waals surface area contributed by atoms with Crippen LogP contribution in [0, 0.1) is 19.8 Å². The zero-order valence-electron chi connectivity index (χ0n) is 12.2. The van der Waals surface area contributed by atoms with Crippen molar-refractivity contribution in [2.75, 3.05) is 33.4 Å². The van der Waals surface area contributed by atoms with E-state index in [2.05, 4.69) is 44.0 Å². The minimum absolute atomic E-state index is 0.411. The molecule has 0 bridgehead atoms. The molecule has 1 heterocycles. The molecule has 1 aromatic carbocycles. The molecule has 0 spiro atoms. The van der Waals surface area contributed by atoms with Gasteiger partial charge in [-0.3, -0.25) is 0 Å². The molecule has 3 heteroatoms. The van der Waals surface area contributed by atoms with Crippen molar-refractivity contribution in [2.45, 2.75) is 26.4 Å². The first-order valence-electron chi connectivity index (χ1n) is 7.07. The Hall–Kier alpha value is -0.900. The molecule has 106 valence electrons. The predicted octanol–water partition coefficient (Wildman–Crippen LogP) is 2.31. The van der Waals surface area contributed by atoms with Crippen LogP contribution in [0.3, 0.4) is 0 Å². The molecule has 0 saturated carbocycles. The van der Waals surface area contributed by atoms with Crippen LogP contribution in [-0.4, -0.2) is 43.4 Å². The quantitative estimate of drug-likeness (QED) is 0.885. The van der Waals surface area contributed by atoms with E-state index < -0.39 is 6.10 Å². The topological polar surface area (TPSA) is 32.7 Å². The second-order valence-electron chi connectivity index (χ2n) is 5.89. The average molecular weight is 263 g/mol. The Balaban J connectivity index is 1.90. The van der Waals surface area contributed by atoms with Crippen LogP contribution in [0.15, 0.2) is 18.2 Å². The van der Waals surface area contributed by atoms with Crippen molar-refractivity contribution in [2.24, 2.45) is 5.92 Å². The van der Waals surface area contributed by atoms with Crippen LogP contribution < -0.4 is 0 Å². The van der Waals surface area contributed by atoms with Crippen molar-refractivity contribution in [1.82, 2.24) is 4.90 Å². The molecule has 0 radical (unpaired) electrons. The Morgan fingerprint density at radius 2 is 2.00 bits per heavy atom. The Morgan fingerprint density at radius 3 is 2.58 bits per heavy atom. The lowest BCUT2D eigenvalue weighted by atomic mass is 10.0. The number of aliphatic hydroxyl groups excluding tert-OH is 1. The maximum atomic E-state index is 10.3. The summed E-state index contributed by atoms with van der Waals surface area (Å²) in [4.78, 5) is 2.21. The third-order valence-electron chi connectivity index (χ3n) is 3.71. The van der Waals surface area contributed by atoms with E-state index in [9.17, 15) is 5.11 Å². The first-order valence-corrected chi connectivity index (χ1v) is 7.07. The molecule has 1 saturated heterocycles. The fourth-order valence-corrected chi connectivity index (χ4v) is 2.85. The summed E-state index contributed by atoms with van der Waals surface area (Å²) < 4.78 is 5.39. The maximum Gasteiger partial charge on any atom is 0.0916 e. The molecule has 0 amide bonds. The Morgan fingerprint density at radius 1 is 1.32 bits per heavy atom. The molecule has 0 aliphatic carbocycles. The second-order valence-corrected chi connectivity index (χ2v) is 5.89. The Bertz CT molecular complexity index is 393. The number of nitrogens with zero attached hydrogens (tertiary/aromatic N) is 1. The fourth-order valence-electron chi connectivity index (χ4n) is 2.85. The van der Waals surface area contributed by atoms with Crippen LogP contribution >= 0.6 is 0 Å². The summed E-state index contributed by atoms with van der Waals surface area (Å²) in [7, 11) is 2.07. The van der Waals surface area contributed by atoms with E-state index in [4.69, 9.17) is 4.74 Å². The van der Waals surface area contributed by atoms with Crippen LogP contribution in [0.25, 0.3) is 0 Å².